The summed E-state index contributed by atoms with van der Waals surface area (Å²) >= 11 is 0. The molecule has 0 unspecified atom stereocenters. The van der Waals surface area contributed by atoms with Crippen molar-refractivity contribution in [2.45, 2.75) is 26.2 Å². The van der Waals surface area contributed by atoms with Gasteiger partial charge in [-0.25, -0.2) is 0 Å². The van der Waals surface area contributed by atoms with Crippen LogP contribution < -0.4 is 4.74 Å². The first-order chi connectivity index (χ1) is 12.3. The molecule has 0 atom stereocenters. The Bertz CT molecular complexity index is 969. The molecule has 0 N–H and O–H groups in total. The van der Waals surface area contributed by atoms with E-state index in [0.717, 1.165) is 18.4 Å². The number of fused-ring (bicyclic) bond motifs is 1. The second kappa shape index (κ2) is 6.40. The molecule has 1 aliphatic carbocycles. The fourth-order valence-corrected chi connectivity index (χ4v) is 3.31. The molecule has 124 valence electrons. The number of aryl methyl sites for hydroxylation is 1. The second-order valence-electron chi connectivity index (χ2n) is 5.98. The molecule has 0 bridgehead atoms. The summed E-state index contributed by atoms with van der Waals surface area (Å²) in [5.41, 5.74) is 4.90. The van der Waals surface area contributed by atoms with Crippen LogP contribution in [0.4, 0.5) is 0 Å². The van der Waals surface area contributed by atoms with Crippen LogP contribution in [0, 0.1) is 11.3 Å². The van der Waals surface area contributed by atoms with E-state index in [1.54, 1.807) is 12.1 Å². The van der Waals surface area contributed by atoms with Gasteiger partial charge in [0.25, 0.3) is 5.89 Å². The molecule has 0 saturated carbocycles. The van der Waals surface area contributed by atoms with Gasteiger partial charge in [-0.15, -0.1) is 0 Å². The third-order valence-electron chi connectivity index (χ3n) is 4.46. The first kappa shape index (κ1) is 15.4. The standard InChI is InChI=1S/C20H17N3O2/c1-2-24-18-10-9-14(11-15(18)12-21)20-22-19(23-25-20)17-8-4-6-13-5-3-7-16(13)17/h4,6,8-11H,2-3,5,7H2,1H3. The average Bonchev–Trinajstić information content (AvgIpc) is 3.31. The predicted molar refractivity (Wildman–Crippen MR) is 93.1 cm³/mol. The second-order valence-corrected chi connectivity index (χ2v) is 5.98. The smallest absolute Gasteiger partial charge is 0.258 e. The summed E-state index contributed by atoms with van der Waals surface area (Å²) in [4.78, 5) is 4.55. The maximum atomic E-state index is 9.31. The fourth-order valence-electron chi connectivity index (χ4n) is 3.31. The SMILES string of the molecule is CCOc1ccc(-c2nc(-c3cccc4c3CCC4)no2)cc1C#N. The molecule has 0 saturated heterocycles. The summed E-state index contributed by atoms with van der Waals surface area (Å²) in [6.07, 6.45) is 3.33. The van der Waals surface area contributed by atoms with Crippen LogP contribution in [0.2, 0.25) is 0 Å². The summed E-state index contributed by atoms with van der Waals surface area (Å²) in [6.45, 7) is 2.40. The summed E-state index contributed by atoms with van der Waals surface area (Å²) in [5, 5.41) is 13.5. The highest BCUT2D eigenvalue weighted by molar-refractivity contribution is 5.66. The molecule has 0 amide bonds. The molecule has 3 aromatic rings. The van der Waals surface area contributed by atoms with Gasteiger partial charge in [0.2, 0.25) is 5.82 Å². The van der Waals surface area contributed by atoms with Crippen LogP contribution >= 0.6 is 0 Å². The number of rotatable bonds is 4. The normalized spacial score (nSPS) is 12.6. The maximum Gasteiger partial charge on any atom is 0.258 e. The maximum absolute atomic E-state index is 9.31. The molecule has 4 rings (SSSR count). The van der Waals surface area contributed by atoms with Gasteiger partial charge in [-0.3, -0.25) is 0 Å². The highest BCUT2D eigenvalue weighted by atomic mass is 16.5. The van der Waals surface area contributed by atoms with E-state index >= 15 is 0 Å². The highest BCUT2D eigenvalue weighted by Gasteiger charge is 2.19. The van der Waals surface area contributed by atoms with Crippen molar-refractivity contribution in [3.05, 3.63) is 53.1 Å². The van der Waals surface area contributed by atoms with Gasteiger partial charge in [-0.05, 0) is 55.5 Å². The van der Waals surface area contributed by atoms with Crippen molar-refractivity contribution in [3.8, 4) is 34.7 Å². The van der Waals surface area contributed by atoms with Gasteiger partial charge in [0.1, 0.15) is 11.8 Å². The van der Waals surface area contributed by atoms with E-state index in [4.69, 9.17) is 9.26 Å². The number of benzene rings is 2. The van der Waals surface area contributed by atoms with Gasteiger partial charge in [-0.2, -0.15) is 10.2 Å². The Kier molecular flexibility index (Phi) is 3.95. The number of hydrogen-bond donors (Lipinski definition) is 0. The lowest BCUT2D eigenvalue weighted by Gasteiger charge is -2.05. The third-order valence-corrected chi connectivity index (χ3v) is 4.46. The van der Waals surface area contributed by atoms with Crippen molar-refractivity contribution in [1.82, 2.24) is 10.1 Å². The van der Waals surface area contributed by atoms with Crippen LogP contribution in [0.1, 0.15) is 30.0 Å². The van der Waals surface area contributed by atoms with Gasteiger partial charge in [0.15, 0.2) is 0 Å². The first-order valence-corrected chi connectivity index (χ1v) is 8.42. The Morgan fingerprint density at radius 3 is 3.00 bits per heavy atom. The largest absolute Gasteiger partial charge is 0.492 e. The summed E-state index contributed by atoms with van der Waals surface area (Å²) in [7, 11) is 0. The van der Waals surface area contributed by atoms with Gasteiger partial charge in [0.05, 0.1) is 12.2 Å². The lowest BCUT2D eigenvalue weighted by atomic mass is 10.0. The van der Waals surface area contributed by atoms with Crippen LogP contribution in [-0.2, 0) is 12.8 Å². The fraction of sp³-hybridized carbons (Fsp3) is 0.250. The zero-order valence-corrected chi connectivity index (χ0v) is 14.0. The van der Waals surface area contributed by atoms with Crippen molar-refractivity contribution in [2.75, 3.05) is 6.61 Å². The molecule has 0 spiro atoms. The molecule has 0 aliphatic heterocycles. The van der Waals surface area contributed by atoms with Crippen LogP contribution in [0.5, 0.6) is 5.75 Å². The Balaban J connectivity index is 1.71. The van der Waals surface area contributed by atoms with Crippen molar-refractivity contribution in [1.29, 1.82) is 5.26 Å². The van der Waals surface area contributed by atoms with Gasteiger partial charge in [-0.1, -0.05) is 23.4 Å². The van der Waals surface area contributed by atoms with E-state index in [0.29, 0.717) is 35.2 Å². The first-order valence-electron chi connectivity index (χ1n) is 8.42. The Hall–Kier alpha value is -3.13. The summed E-state index contributed by atoms with van der Waals surface area (Å²) in [5.74, 6) is 1.57. The third kappa shape index (κ3) is 2.76. The van der Waals surface area contributed by atoms with Gasteiger partial charge in [0, 0.05) is 11.1 Å². The quantitative estimate of drug-likeness (QED) is 0.717. The van der Waals surface area contributed by atoms with Crippen molar-refractivity contribution in [3.63, 3.8) is 0 Å². The van der Waals surface area contributed by atoms with E-state index in [9.17, 15) is 5.26 Å². The molecule has 1 aliphatic rings. The number of nitrogens with zero attached hydrogens (tertiary/aromatic N) is 3. The zero-order valence-electron chi connectivity index (χ0n) is 14.0. The molecule has 5 nitrogen and oxygen atoms in total. The lowest BCUT2D eigenvalue weighted by Crippen LogP contribution is -1.94. The van der Waals surface area contributed by atoms with E-state index < -0.39 is 0 Å². The van der Waals surface area contributed by atoms with Crippen molar-refractivity contribution >= 4 is 0 Å². The average molecular weight is 331 g/mol. The topological polar surface area (TPSA) is 71.9 Å². The van der Waals surface area contributed by atoms with Crippen molar-refractivity contribution in [2.24, 2.45) is 0 Å². The minimum Gasteiger partial charge on any atom is -0.492 e. The molecule has 0 fully saturated rings. The number of ether oxygens (including phenoxy) is 1. The monoisotopic (exact) mass is 331 g/mol. The van der Waals surface area contributed by atoms with E-state index in [2.05, 4.69) is 22.3 Å². The summed E-state index contributed by atoms with van der Waals surface area (Å²) in [6, 6.07) is 13.7. The molecule has 5 heteroatoms. The summed E-state index contributed by atoms with van der Waals surface area (Å²) < 4.78 is 10.9. The number of aromatic nitrogens is 2. The molecule has 1 aromatic heterocycles. The molecule has 1 heterocycles. The Morgan fingerprint density at radius 2 is 2.16 bits per heavy atom. The predicted octanol–water partition coefficient (Wildman–Crippen LogP) is 4.16. The van der Waals surface area contributed by atoms with Crippen LogP contribution in [0.3, 0.4) is 0 Å². The number of hydrogen-bond acceptors (Lipinski definition) is 5. The minimum atomic E-state index is 0.408. The van der Waals surface area contributed by atoms with Crippen LogP contribution in [0.15, 0.2) is 40.9 Å². The molecule has 0 radical (unpaired) electrons. The lowest BCUT2D eigenvalue weighted by molar-refractivity contribution is 0.339. The van der Waals surface area contributed by atoms with E-state index in [1.165, 1.54) is 17.5 Å². The Labute approximate surface area is 145 Å². The van der Waals surface area contributed by atoms with E-state index in [-0.39, 0.29) is 0 Å². The Morgan fingerprint density at radius 1 is 1.24 bits per heavy atom. The molecule has 25 heavy (non-hydrogen) atoms. The van der Waals surface area contributed by atoms with Gasteiger partial charge >= 0.3 is 0 Å². The zero-order chi connectivity index (χ0) is 17.2. The van der Waals surface area contributed by atoms with Crippen LogP contribution in [0.25, 0.3) is 22.8 Å². The number of nitriles is 1. The minimum absolute atomic E-state index is 0.408. The van der Waals surface area contributed by atoms with Crippen molar-refractivity contribution < 1.29 is 9.26 Å². The molecule has 2 aromatic carbocycles. The van der Waals surface area contributed by atoms with E-state index in [1.807, 2.05) is 25.1 Å². The van der Waals surface area contributed by atoms with Gasteiger partial charge < -0.3 is 9.26 Å². The van der Waals surface area contributed by atoms with Crippen LogP contribution in [-0.4, -0.2) is 16.7 Å². The molecular weight excluding hydrogens is 314 g/mol. The molecular formula is C20H17N3O2. The highest BCUT2D eigenvalue weighted by Crippen LogP contribution is 2.32.